The van der Waals surface area contributed by atoms with E-state index in [1.54, 1.807) is 0 Å². The highest BCUT2D eigenvalue weighted by Crippen LogP contribution is 2.40. The minimum Gasteiger partial charge on any atom is -0.344 e. The first-order valence-electron chi connectivity index (χ1n) is 16.4. The first-order valence-corrected chi connectivity index (χ1v) is 16.4. The molecule has 3 nitrogen and oxygen atoms in total. The molecule has 1 heterocycles. The van der Waals surface area contributed by atoms with Crippen molar-refractivity contribution >= 4 is 44.0 Å². The zero-order chi connectivity index (χ0) is 31.9. The Kier molecular flexibility index (Phi) is 6.87. The molecule has 0 radical (unpaired) electrons. The summed E-state index contributed by atoms with van der Waals surface area (Å²) in [4.78, 5) is 10.1. The Morgan fingerprint density at radius 3 is 1.79 bits per heavy atom. The highest BCUT2D eigenvalue weighted by atomic mass is 15.2. The Bertz CT molecular complexity index is 2510. The lowest BCUT2D eigenvalue weighted by atomic mass is 9.88. The molecule has 0 spiro atoms. The van der Waals surface area contributed by atoms with Crippen LogP contribution >= 0.6 is 0 Å². The maximum Gasteiger partial charge on any atom is 0.159 e. The Morgan fingerprint density at radius 1 is 0.417 bits per heavy atom. The van der Waals surface area contributed by atoms with Gasteiger partial charge in [0.2, 0.25) is 0 Å². The van der Waals surface area contributed by atoms with Crippen molar-refractivity contribution in [3.8, 4) is 22.3 Å². The number of hydrogen-bond acceptors (Lipinski definition) is 3. The molecule has 226 valence electrons. The summed E-state index contributed by atoms with van der Waals surface area (Å²) in [7, 11) is 0. The van der Waals surface area contributed by atoms with Crippen molar-refractivity contribution in [1.29, 1.82) is 0 Å². The van der Waals surface area contributed by atoms with Crippen LogP contribution in [-0.4, -0.2) is 11.7 Å². The van der Waals surface area contributed by atoms with E-state index in [2.05, 4.69) is 157 Å². The molecule has 1 aliphatic heterocycles. The third-order valence-corrected chi connectivity index (χ3v) is 9.32. The van der Waals surface area contributed by atoms with E-state index in [4.69, 9.17) is 9.98 Å². The van der Waals surface area contributed by atoms with Gasteiger partial charge in [-0.15, -0.1) is 0 Å². The number of amidine groups is 2. The van der Waals surface area contributed by atoms with Crippen LogP contribution in [0.1, 0.15) is 22.9 Å². The fourth-order valence-corrected chi connectivity index (χ4v) is 6.92. The normalized spacial score (nSPS) is 14.5. The number of fused-ring (bicyclic) bond motifs is 4. The van der Waals surface area contributed by atoms with Crippen molar-refractivity contribution in [2.75, 3.05) is 0 Å². The van der Waals surface area contributed by atoms with E-state index >= 15 is 0 Å². The number of rotatable bonds is 5. The van der Waals surface area contributed by atoms with Gasteiger partial charge < -0.3 is 5.32 Å². The average molecular weight is 614 g/mol. The van der Waals surface area contributed by atoms with Gasteiger partial charge in [-0.2, -0.15) is 0 Å². The Hall–Kier alpha value is -6.32. The van der Waals surface area contributed by atoms with Gasteiger partial charge in [0.25, 0.3) is 0 Å². The minimum absolute atomic E-state index is 0.233. The van der Waals surface area contributed by atoms with Gasteiger partial charge in [-0.25, -0.2) is 9.98 Å². The second kappa shape index (κ2) is 11.8. The van der Waals surface area contributed by atoms with Crippen molar-refractivity contribution < 1.29 is 0 Å². The van der Waals surface area contributed by atoms with Gasteiger partial charge in [0.05, 0.1) is 0 Å². The van der Waals surface area contributed by atoms with E-state index in [-0.39, 0.29) is 6.17 Å². The second-order valence-corrected chi connectivity index (χ2v) is 12.2. The molecule has 0 amide bonds. The Labute approximate surface area is 279 Å². The quantitative estimate of drug-likeness (QED) is 0.193. The van der Waals surface area contributed by atoms with Crippen LogP contribution in [0.4, 0.5) is 0 Å². The maximum absolute atomic E-state index is 5.08. The summed E-state index contributed by atoms with van der Waals surface area (Å²) < 4.78 is 0. The largest absolute Gasteiger partial charge is 0.344 e. The van der Waals surface area contributed by atoms with Crippen molar-refractivity contribution in [2.45, 2.75) is 6.17 Å². The van der Waals surface area contributed by atoms with E-state index in [0.717, 1.165) is 28.1 Å². The lowest BCUT2D eigenvalue weighted by Gasteiger charge is -2.23. The van der Waals surface area contributed by atoms with Gasteiger partial charge in [-0.3, -0.25) is 0 Å². The van der Waals surface area contributed by atoms with Gasteiger partial charge in [0.15, 0.2) is 5.84 Å². The topological polar surface area (TPSA) is 36.8 Å². The zero-order valence-corrected chi connectivity index (χ0v) is 26.2. The second-order valence-electron chi connectivity index (χ2n) is 12.2. The van der Waals surface area contributed by atoms with Gasteiger partial charge in [-0.1, -0.05) is 170 Å². The van der Waals surface area contributed by atoms with Crippen LogP contribution < -0.4 is 5.32 Å². The molecule has 48 heavy (non-hydrogen) atoms. The lowest BCUT2D eigenvalue weighted by molar-refractivity contribution is 0.674. The summed E-state index contributed by atoms with van der Waals surface area (Å²) in [6.07, 6.45) is -0.233. The van der Waals surface area contributed by atoms with Crippen LogP contribution in [-0.2, 0) is 0 Å². The van der Waals surface area contributed by atoms with Crippen molar-refractivity contribution in [2.24, 2.45) is 9.98 Å². The standard InChI is InChI=1S/C45H31N3/c1-3-13-33(14-4-1)43-46-44(34-15-5-2-6-16-34)48-45(47-43)35-22-20-32(21-23-35)42-40-18-10-8-12-31(40)25-28-41(42)37-26-27-39-36(29-37)24-19-30-11-7-9-17-38(30)39/h1-29,43H,(H,46,47,48). The van der Waals surface area contributed by atoms with Crippen LogP contribution in [0.15, 0.2) is 186 Å². The Morgan fingerprint density at radius 2 is 1.00 bits per heavy atom. The van der Waals surface area contributed by atoms with E-state index < -0.39 is 0 Å². The first-order chi connectivity index (χ1) is 23.8. The third-order valence-electron chi connectivity index (χ3n) is 9.32. The average Bonchev–Trinajstić information content (AvgIpc) is 3.18. The fraction of sp³-hybridized carbons (Fsp3) is 0.0222. The maximum atomic E-state index is 5.08. The van der Waals surface area contributed by atoms with Crippen LogP contribution in [0, 0.1) is 0 Å². The molecule has 1 atom stereocenters. The lowest BCUT2D eigenvalue weighted by Crippen LogP contribution is -2.33. The number of aliphatic imine (C=N–C) groups is 2. The third kappa shape index (κ3) is 5.03. The van der Waals surface area contributed by atoms with Crippen molar-refractivity contribution in [1.82, 2.24) is 5.32 Å². The van der Waals surface area contributed by atoms with Crippen molar-refractivity contribution in [3.63, 3.8) is 0 Å². The predicted molar refractivity (Wildman–Crippen MR) is 202 cm³/mol. The summed E-state index contributed by atoms with van der Waals surface area (Å²) in [6, 6.07) is 62.5. The molecule has 9 rings (SSSR count). The SMILES string of the molecule is c1ccc(C2=NC(c3ccc(-c4c(-c5ccc6c(ccc7ccccc76)c5)ccc5ccccc45)cc3)=NC(c3ccccc3)N2)cc1. The molecule has 0 fully saturated rings. The highest BCUT2D eigenvalue weighted by Gasteiger charge is 2.21. The predicted octanol–water partition coefficient (Wildman–Crippen LogP) is 11.0. The summed E-state index contributed by atoms with van der Waals surface area (Å²) in [6.45, 7) is 0. The van der Waals surface area contributed by atoms with Gasteiger partial charge in [0, 0.05) is 11.1 Å². The molecule has 1 unspecified atom stereocenters. The first kappa shape index (κ1) is 27.9. The number of nitrogens with one attached hydrogen (secondary N) is 1. The molecule has 8 aromatic rings. The number of hydrogen-bond donors (Lipinski definition) is 1. The molecule has 1 N–H and O–H groups in total. The molecule has 8 aromatic carbocycles. The van der Waals surface area contributed by atoms with Gasteiger partial charge >= 0.3 is 0 Å². The summed E-state index contributed by atoms with van der Waals surface area (Å²) >= 11 is 0. The van der Waals surface area contributed by atoms with E-state index in [1.807, 2.05) is 24.3 Å². The van der Waals surface area contributed by atoms with E-state index in [9.17, 15) is 0 Å². The van der Waals surface area contributed by atoms with Gasteiger partial charge in [0.1, 0.15) is 12.0 Å². The van der Waals surface area contributed by atoms with Crippen LogP contribution in [0.5, 0.6) is 0 Å². The Balaban J connectivity index is 1.16. The molecular weight excluding hydrogens is 583 g/mol. The monoisotopic (exact) mass is 613 g/mol. The highest BCUT2D eigenvalue weighted by molar-refractivity contribution is 6.14. The summed E-state index contributed by atoms with van der Waals surface area (Å²) in [5.74, 6) is 1.53. The molecule has 0 saturated carbocycles. The van der Waals surface area contributed by atoms with E-state index in [1.165, 1.54) is 49.0 Å². The molecule has 0 bridgehead atoms. The molecule has 3 heteroatoms. The number of nitrogens with zero attached hydrogens (tertiary/aromatic N) is 2. The van der Waals surface area contributed by atoms with E-state index in [0.29, 0.717) is 5.84 Å². The molecule has 1 aliphatic rings. The fourth-order valence-electron chi connectivity index (χ4n) is 6.92. The molecule has 0 aromatic heterocycles. The van der Waals surface area contributed by atoms with Crippen molar-refractivity contribution in [3.05, 3.63) is 193 Å². The van der Waals surface area contributed by atoms with Gasteiger partial charge in [-0.05, 0) is 66.2 Å². The molecule has 0 aliphatic carbocycles. The minimum atomic E-state index is -0.233. The number of benzene rings is 8. The zero-order valence-electron chi connectivity index (χ0n) is 26.2. The van der Waals surface area contributed by atoms with Crippen LogP contribution in [0.2, 0.25) is 0 Å². The smallest absolute Gasteiger partial charge is 0.159 e. The van der Waals surface area contributed by atoms with Crippen LogP contribution in [0.25, 0.3) is 54.6 Å². The molecule has 0 saturated heterocycles. The summed E-state index contributed by atoms with van der Waals surface area (Å²) in [5, 5.41) is 11.1. The van der Waals surface area contributed by atoms with Crippen LogP contribution in [0.3, 0.4) is 0 Å². The molecular formula is C45H31N3. The summed E-state index contributed by atoms with van der Waals surface area (Å²) in [5.41, 5.74) is 7.91.